The second-order valence-corrected chi connectivity index (χ2v) is 7.88. The predicted molar refractivity (Wildman–Crippen MR) is 104 cm³/mol. The van der Waals surface area contributed by atoms with E-state index in [1.165, 1.54) is 32.4 Å². The standard InChI is InChI=1S/C17H16INS2/c18-15-9-3-1-7-13(15)14-8-2-4-10-16(14)21-17(20)19-11-5-6-12-19/h1-4,7-10H,5-6,11-12H2. The molecule has 4 heteroatoms. The van der Waals surface area contributed by atoms with Gasteiger partial charge < -0.3 is 4.90 Å². The van der Waals surface area contributed by atoms with Crippen molar-refractivity contribution in [2.45, 2.75) is 17.7 Å². The van der Waals surface area contributed by atoms with Gasteiger partial charge in [-0.15, -0.1) is 0 Å². The van der Waals surface area contributed by atoms with Crippen molar-refractivity contribution in [2.75, 3.05) is 13.1 Å². The minimum Gasteiger partial charge on any atom is -0.357 e. The van der Waals surface area contributed by atoms with Crippen molar-refractivity contribution in [3.05, 3.63) is 52.1 Å². The number of thioether (sulfide) groups is 1. The summed E-state index contributed by atoms with van der Waals surface area (Å²) in [6.07, 6.45) is 2.53. The van der Waals surface area contributed by atoms with Gasteiger partial charge in [-0.1, -0.05) is 60.4 Å². The average molecular weight is 425 g/mol. The van der Waals surface area contributed by atoms with E-state index in [1.807, 2.05) is 0 Å². The zero-order chi connectivity index (χ0) is 14.7. The van der Waals surface area contributed by atoms with Gasteiger partial charge in [0.25, 0.3) is 0 Å². The molecule has 0 bridgehead atoms. The number of benzene rings is 2. The number of nitrogens with zero attached hydrogens (tertiary/aromatic N) is 1. The summed E-state index contributed by atoms with van der Waals surface area (Å²) in [6.45, 7) is 2.22. The second kappa shape index (κ2) is 7.11. The van der Waals surface area contributed by atoms with Crippen molar-refractivity contribution in [3.63, 3.8) is 0 Å². The van der Waals surface area contributed by atoms with E-state index >= 15 is 0 Å². The van der Waals surface area contributed by atoms with Gasteiger partial charge in [0.2, 0.25) is 0 Å². The summed E-state index contributed by atoms with van der Waals surface area (Å²) in [5.74, 6) is 0. The van der Waals surface area contributed by atoms with Gasteiger partial charge in [0.05, 0.1) is 0 Å². The Labute approximate surface area is 149 Å². The molecular weight excluding hydrogens is 409 g/mol. The molecule has 1 heterocycles. The van der Waals surface area contributed by atoms with E-state index < -0.39 is 0 Å². The zero-order valence-electron chi connectivity index (χ0n) is 11.6. The van der Waals surface area contributed by atoms with Crippen LogP contribution in [0.15, 0.2) is 53.4 Å². The molecule has 0 amide bonds. The van der Waals surface area contributed by atoms with Gasteiger partial charge >= 0.3 is 0 Å². The van der Waals surface area contributed by atoms with Gasteiger partial charge in [0.1, 0.15) is 4.32 Å². The second-order valence-electron chi connectivity index (χ2n) is 5.04. The Morgan fingerprint density at radius 2 is 1.57 bits per heavy atom. The average Bonchev–Trinajstić information content (AvgIpc) is 3.03. The van der Waals surface area contributed by atoms with E-state index in [-0.39, 0.29) is 0 Å². The van der Waals surface area contributed by atoms with Crippen LogP contribution in [0.4, 0.5) is 0 Å². The summed E-state index contributed by atoms with van der Waals surface area (Å²) >= 11 is 9.75. The number of thiocarbonyl (C=S) groups is 1. The lowest BCUT2D eigenvalue weighted by atomic mass is 10.1. The first-order chi connectivity index (χ1) is 10.3. The molecule has 2 aromatic rings. The lowest BCUT2D eigenvalue weighted by molar-refractivity contribution is 0.539. The van der Waals surface area contributed by atoms with Crippen LogP contribution in [0.1, 0.15) is 12.8 Å². The van der Waals surface area contributed by atoms with Crippen molar-refractivity contribution in [1.82, 2.24) is 4.90 Å². The van der Waals surface area contributed by atoms with Gasteiger partial charge in [-0.3, -0.25) is 0 Å². The van der Waals surface area contributed by atoms with Gasteiger partial charge in [0, 0.05) is 21.6 Å². The topological polar surface area (TPSA) is 3.24 Å². The van der Waals surface area contributed by atoms with Crippen molar-refractivity contribution in [1.29, 1.82) is 0 Å². The van der Waals surface area contributed by atoms with Crippen molar-refractivity contribution in [2.24, 2.45) is 0 Å². The first-order valence-electron chi connectivity index (χ1n) is 7.06. The lowest BCUT2D eigenvalue weighted by Gasteiger charge is -2.19. The van der Waals surface area contributed by atoms with Crippen molar-refractivity contribution >= 4 is 50.9 Å². The monoisotopic (exact) mass is 425 g/mol. The van der Waals surface area contributed by atoms with Crippen LogP contribution in [0.25, 0.3) is 11.1 Å². The van der Waals surface area contributed by atoms with Crippen molar-refractivity contribution in [3.8, 4) is 11.1 Å². The third kappa shape index (κ3) is 3.60. The normalized spacial score (nSPS) is 14.4. The first-order valence-corrected chi connectivity index (χ1v) is 9.37. The summed E-state index contributed by atoms with van der Waals surface area (Å²) in [4.78, 5) is 3.57. The molecule has 0 atom stereocenters. The molecule has 1 nitrogen and oxygen atoms in total. The molecule has 3 rings (SSSR count). The van der Waals surface area contributed by atoms with E-state index in [4.69, 9.17) is 12.2 Å². The van der Waals surface area contributed by atoms with Crippen LogP contribution in [0.5, 0.6) is 0 Å². The Morgan fingerprint density at radius 1 is 0.952 bits per heavy atom. The fraction of sp³-hybridized carbons (Fsp3) is 0.235. The number of likely N-dealkylation sites (tertiary alicyclic amines) is 1. The van der Waals surface area contributed by atoms with Crippen LogP contribution in [0.3, 0.4) is 0 Å². The van der Waals surface area contributed by atoms with Crippen LogP contribution in [-0.2, 0) is 0 Å². The number of hydrogen-bond donors (Lipinski definition) is 0. The highest BCUT2D eigenvalue weighted by Gasteiger charge is 2.17. The molecule has 0 spiro atoms. The highest BCUT2D eigenvalue weighted by molar-refractivity contribution is 14.1. The highest BCUT2D eigenvalue weighted by Crippen LogP contribution is 2.35. The molecule has 0 saturated carbocycles. The lowest BCUT2D eigenvalue weighted by Crippen LogP contribution is -2.23. The molecule has 2 aromatic carbocycles. The van der Waals surface area contributed by atoms with Crippen LogP contribution in [0.2, 0.25) is 0 Å². The van der Waals surface area contributed by atoms with E-state index in [9.17, 15) is 0 Å². The van der Waals surface area contributed by atoms with E-state index in [2.05, 4.69) is 76.0 Å². The third-order valence-electron chi connectivity index (χ3n) is 3.61. The molecule has 0 aliphatic carbocycles. The van der Waals surface area contributed by atoms with Crippen LogP contribution >= 0.6 is 46.6 Å². The molecule has 21 heavy (non-hydrogen) atoms. The SMILES string of the molecule is S=C(Sc1ccccc1-c1ccccc1I)N1CCCC1. The fourth-order valence-corrected chi connectivity index (χ4v) is 4.58. The smallest absolute Gasteiger partial charge is 0.141 e. The van der Waals surface area contributed by atoms with Gasteiger partial charge in [0.15, 0.2) is 0 Å². The molecule has 1 fully saturated rings. The van der Waals surface area contributed by atoms with Crippen LogP contribution < -0.4 is 0 Å². The van der Waals surface area contributed by atoms with Crippen molar-refractivity contribution < 1.29 is 0 Å². The molecule has 1 aliphatic rings. The van der Waals surface area contributed by atoms with E-state index in [0.29, 0.717) is 0 Å². The first kappa shape index (κ1) is 15.3. The Hall–Kier alpha value is -0.590. The highest BCUT2D eigenvalue weighted by atomic mass is 127. The molecule has 108 valence electrons. The molecule has 0 unspecified atom stereocenters. The number of rotatable bonds is 2. The van der Waals surface area contributed by atoms with E-state index in [0.717, 1.165) is 17.4 Å². The van der Waals surface area contributed by atoms with Gasteiger partial charge in [-0.05, 0) is 58.7 Å². The van der Waals surface area contributed by atoms with Gasteiger partial charge in [-0.2, -0.15) is 0 Å². The fourth-order valence-electron chi connectivity index (χ4n) is 2.52. The summed E-state index contributed by atoms with van der Waals surface area (Å²) in [5.41, 5.74) is 2.56. The maximum Gasteiger partial charge on any atom is 0.141 e. The largest absolute Gasteiger partial charge is 0.357 e. The molecular formula is C17H16INS2. The Morgan fingerprint density at radius 3 is 2.29 bits per heavy atom. The summed E-state index contributed by atoms with van der Waals surface area (Å²) in [5, 5.41) is 0. The summed E-state index contributed by atoms with van der Waals surface area (Å²) in [6, 6.07) is 17.1. The summed E-state index contributed by atoms with van der Waals surface area (Å²) < 4.78 is 2.28. The third-order valence-corrected chi connectivity index (χ3v) is 6.07. The quantitative estimate of drug-likeness (QED) is 0.359. The molecule has 1 aliphatic heterocycles. The van der Waals surface area contributed by atoms with Gasteiger partial charge in [-0.25, -0.2) is 0 Å². The zero-order valence-corrected chi connectivity index (χ0v) is 15.4. The molecule has 0 aromatic heterocycles. The number of hydrogen-bond acceptors (Lipinski definition) is 2. The minimum atomic E-state index is 1.01. The molecule has 0 radical (unpaired) electrons. The molecule has 1 saturated heterocycles. The summed E-state index contributed by atoms with van der Waals surface area (Å²) in [7, 11) is 0. The maximum atomic E-state index is 5.63. The number of halogens is 1. The Balaban J connectivity index is 1.89. The molecule has 0 N–H and O–H groups in total. The van der Waals surface area contributed by atoms with E-state index in [1.54, 1.807) is 11.8 Å². The van der Waals surface area contributed by atoms with Crippen LogP contribution in [0, 0.1) is 3.57 Å². The Bertz CT molecular complexity index is 651. The predicted octanol–water partition coefficient (Wildman–Crippen LogP) is 5.43. The minimum absolute atomic E-state index is 1.01. The van der Waals surface area contributed by atoms with Crippen LogP contribution in [-0.4, -0.2) is 22.3 Å². The maximum absolute atomic E-state index is 5.63. The Kier molecular flexibility index (Phi) is 5.19.